The molecule has 1 saturated heterocycles. The van der Waals surface area contributed by atoms with Gasteiger partial charge in [-0.15, -0.1) is 0 Å². The normalized spacial score (nSPS) is 16.7. The van der Waals surface area contributed by atoms with Crippen LogP contribution >= 0.6 is 0 Å². The molecule has 4 rings (SSSR count). The van der Waals surface area contributed by atoms with Crippen LogP contribution in [0.15, 0.2) is 60.8 Å². The Balaban J connectivity index is 1.50. The molecule has 3 aromatic rings. The Bertz CT molecular complexity index is 948. The number of rotatable bonds is 4. The summed E-state index contributed by atoms with van der Waals surface area (Å²) in [6.07, 6.45) is 4.57. The Morgan fingerprint density at radius 3 is 2.78 bits per heavy atom. The zero-order valence-electron chi connectivity index (χ0n) is 15.3. The van der Waals surface area contributed by atoms with Gasteiger partial charge in [0.25, 0.3) is 5.91 Å². The first-order valence-electron chi connectivity index (χ1n) is 9.28. The van der Waals surface area contributed by atoms with Gasteiger partial charge in [-0.1, -0.05) is 35.9 Å². The third-order valence-corrected chi connectivity index (χ3v) is 5.11. The highest BCUT2D eigenvalue weighted by atomic mass is 19.1. The molecule has 0 saturated carbocycles. The third-order valence-electron chi connectivity index (χ3n) is 5.11. The maximum absolute atomic E-state index is 13.4. The van der Waals surface area contributed by atoms with Crippen molar-refractivity contribution < 1.29 is 9.18 Å². The smallest absolute Gasteiger partial charge is 0.274 e. The fourth-order valence-electron chi connectivity index (χ4n) is 3.66. The summed E-state index contributed by atoms with van der Waals surface area (Å²) in [6, 6.07) is 16.6. The molecule has 1 aliphatic rings. The van der Waals surface area contributed by atoms with Crippen LogP contribution in [0.5, 0.6) is 0 Å². The minimum atomic E-state index is -0.325. The van der Waals surface area contributed by atoms with Crippen molar-refractivity contribution in [3.8, 4) is 5.69 Å². The van der Waals surface area contributed by atoms with Crippen molar-refractivity contribution in [1.29, 1.82) is 0 Å². The summed E-state index contributed by atoms with van der Waals surface area (Å²) in [7, 11) is 0. The summed E-state index contributed by atoms with van der Waals surface area (Å²) < 4.78 is 15.0. The average molecular weight is 363 g/mol. The van der Waals surface area contributed by atoms with Crippen LogP contribution in [0.3, 0.4) is 0 Å². The lowest BCUT2D eigenvalue weighted by Gasteiger charge is -2.24. The Hall–Kier alpha value is -2.95. The van der Waals surface area contributed by atoms with Crippen LogP contribution in [-0.2, 0) is 6.42 Å². The molecule has 1 aliphatic heterocycles. The standard InChI is InChI=1S/C22H22FN3O/c1-16-7-9-17(10-8-16)14-19-6-3-12-25(19)22(27)21-11-13-26(24-21)20-5-2-4-18(23)15-20/h2,4-5,7-11,13,15,19H,3,6,12,14H2,1H3. The van der Waals surface area contributed by atoms with Gasteiger partial charge in [-0.05, 0) is 56.0 Å². The molecule has 2 heterocycles. The number of nitrogens with zero attached hydrogens (tertiary/aromatic N) is 3. The van der Waals surface area contributed by atoms with E-state index in [9.17, 15) is 9.18 Å². The molecule has 4 nitrogen and oxygen atoms in total. The number of aryl methyl sites for hydroxylation is 1. The number of carbonyl (C=O) groups excluding carboxylic acids is 1. The second-order valence-corrected chi connectivity index (χ2v) is 7.11. The van der Waals surface area contributed by atoms with E-state index >= 15 is 0 Å². The van der Waals surface area contributed by atoms with Crippen LogP contribution in [-0.4, -0.2) is 33.2 Å². The fraction of sp³-hybridized carbons (Fsp3) is 0.273. The van der Waals surface area contributed by atoms with Gasteiger partial charge < -0.3 is 4.90 Å². The largest absolute Gasteiger partial charge is 0.334 e. The molecular formula is C22H22FN3O. The summed E-state index contributed by atoms with van der Waals surface area (Å²) in [6.45, 7) is 2.83. The molecule has 0 aliphatic carbocycles. The summed E-state index contributed by atoms with van der Waals surface area (Å²) in [4.78, 5) is 14.9. The van der Waals surface area contributed by atoms with E-state index in [1.165, 1.54) is 23.3 Å². The number of likely N-dealkylation sites (tertiary alicyclic amines) is 1. The second-order valence-electron chi connectivity index (χ2n) is 7.11. The topological polar surface area (TPSA) is 38.1 Å². The number of aromatic nitrogens is 2. The summed E-state index contributed by atoms with van der Waals surface area (Å²) in [5.74, 6) is -0.381. The number of halogens is 1. The van der Waals surface area contributed by atoms with E-state index in [1.807, 2.05) is 4.90 Å². The third kappa shape index (κ3) is 3.77. The van der Waals surface area contributed by atoms with Crippen LogP contribution in [0, 0.1) is 12.7 Å². The number of hydrogen-bond acceptors (Lipinski definition) is 2. The lowest BCUT2D eigenvalue weighted by molar-refractivity contribution is 0.0730. The van der Waals surface area contributed by atoms with Gasteiger partial charge >= 0.3 is 0 Å². The Morgan fingerprint density at radius 2 is 2.00 bits per heavy atom. The molecule has 0 N–H and O–H groups in total. The van der Waals surface area contributed by atoms with Crippen LogP contribution in [0.25, 0.3) is 5.69 Å². The van der Waals surface area contributed by atoms with Gasteiger partial charge in [-0.2, -0.15) is 5.10 Å². The maximum Gasteiger partial charge on any atom is 0.274 e. The summed E-state index contributed by atoms with van der Waals surface area (Å²) >= 11 is 0. The van der Waals surface area contributed by atoms with E-state index < -0.39 is 0 Å². The van der Waals surface area contributed by atoms with Gasteiger partial charge in [0.2, 0.25) is 0 Å². The van der Waals surface area contributed by atoms with Crippen molar-refractivity contribution in [2.75, 3.05) is 6.54 Å². The predicted octanol–water partition coefficient (Wildman–Crippen LogP) is 4.17. The highest BCUT2D eigenvalue weighted by Gasteiger charge is 2.30. The molecule has 2 aromatic carbocycles. The number of benzene rings is 2. The van der Waals surface area contributed by atoms with Crippen LogP contribution in [0.2, 0.25) is 0 Å². The molecule has 1 fully saturated rings. The number of hydrogen-bond donors (Lipinski definition) is 0. The molecule has 5 heteroatoms. The summed E-state index contributed by atoms with van der Waals surface area (Å²) in [5, 5.41) is 4.38. The van der Waals surface area contributed by atoms with E-state index in [0.29, 0.717) is 11.4 Å². The van der Waals surface area contributed by atoms with Crippen molar-refractivity contribution in [2.24, 2.45) is 0 Å². The molecule has 1 amide bonds. The SMILES string of the molecule is Cc1ccc(CC2CCCN2C(=O)c2ccn(-c3cccc(F)c3)n2)cc1. The maximum atomic E-state index is 13.4. The van der Waals surface area contributed by atoms with Gasteiger partial charge in [-0.25, -0.2) is 9.07 Å². The van der Waals surface area contributed by atoms with E-state index in [-0.39, 0.29) is 17.8 Å². The number of amides is 1. The highest BCUT2D eigenvalue weighted by molar-refractivity contribution is 5.92. The van der Waals surface area contributed by atoms with Crippen LogP contribution < -0.4 is 0 Å². The molecule has 1 atom stereocenters. The van der Waals surface area contributed by atoms with Crippen molar-refractivity contribution in [1.82, 2.24) is 14.7 Å². The van der Waals surface area contributed by atoms with Crippen molar-refractivity contribution >= 4 is 5.91 Å². The van der Waals surface area contributed by atoms with Gasteiger partial charge in [0.1, 0.15) is 5.82 Å². The fourth-order valence-corrected chi connectivity index (χ4v) is 3.66. The molecular weight excluding hydrogens is 341 g/mol. The lowest BCUT2D eigenvalue weighted by Crippen LogP contribution is -2.37. The first-order valence-corrected chi connectivity index (χ1v) is 9.28. The Kier molecular flexibility index (Phi) is 4.75. The van der Waals surface area contributed by atoms with Crippen LogP contribution in [0.1, 0.15) is 34.5 Å². The van der Waals surface area contributed by atoms with Crippen LogP contribution in [0.4, 0.5) is 4.39 Å². The second kappa shape index (κ2) is 7.35. The van der Waals surface area contributed by atoms with Crippen molar-refractivity contribution in [2.45, 2.75) is 32.2 Å². The van der Waals surface area contributed by atoms with Gasteiger partial charge in [-0.3, -0.25) is 4.79 Å². The van der Waals surface area contributed by atoms with E-state index in [2.05, 4.69) is 36.3 Å². The van der Waals surface area contributed by atoms with E-state index in [0.717, 1.165) is 25.8 Å². The molecule has 1 aromatic heterocycles. The lowest BCUT2D eigenvalue weighted by atomic mass is 10.0. The highest BCUT2D eigenvalue weighted by Crippen LogP contribution is 2.23. The van der Waals surface area contributed by atoms with E-state index in [1.54, 1.807) is 29.1 Å². The van der Waals surface area contributed by atoms with E-state index in [4.69, 9.17) is 0 Å². The summed E-state index contributed by atoms with van der Waals surface area (Å²) in [5.41, 5.74) is 3.48. The minimum absolute atomic E-state index is 0.0558. The minimum Gasteiger partial charge on any atom is -0.334 e. The average Bonchev–Trinajstić information content (AvgIpc) is 3.33. The zero-order chi connectivity index (χ0) is 18.8. The quantitative estimate of drug-likeness (QED) is 0.698. The van der Waals surface area contributed by atoms with Gasteiger partial charge in [0.05, 0.1) is 5.69 Å². The van der Waals surface area contributed by atoms with Gasteiger partial charge in [0, 0.05) is 18.8 Å². The first-order chi connectivity index (χ1) is 13.1. The monoisotopic (exact) mass is 363 g/mol. The number of carbonyl (C=O) groups is 1. The Morgan fingerprint density at radius 1 is 1.19 bits per heavy atom. The van der Waals surface area contributed by atoms with Crippen molar-refractivity contribution in [3.05, 3.63) is 83.4 Å². The Labute approximate surface area is 158 Å². The molecule has 1 unspecified atom stereocenters. The molecule has 27 heavy (non-hydrogen) atoms. The first kappa shape index (κ1) is 17.5. The zero-order valence-corrected chi connectivity index (χ0v) is 15.3. The molecule has 0 radical (unpaired) electrons. The predicted molar refractivity (Wildman–Crippen MR) is 102 cm³/mol. The van der Waals surface area contributed by atoms with Crippen molar-refractivity contribution in [3.63, 3.8) is 0 Å². The molecule has 0 spiro atoms. The molecule has 0 bridgehead atoms. The van der Waals surface area contributed by atoms with Gasteiger partial charge in [0.15, 0.2) is 5.69 Å². The molecule has 138 valence electrons.